The lowest BCUT2D eigenvalue weighted by molar-refractivity contribution is -0.141. The lowest BCUT2D eigenvalue weighted by Gasteiger charge is -1.96. The minimum absolute atomic E-state index is 0.0941. The molecule has 1 heterocycles. The van der Waals surface area contributed by atoms with Crippen LogP contribution in [0.3, 0.4) is 0 Å². The molecule has 6 heteroatoms. The Morgan fingerprint density at radius 1 is 1.75 bits per heavy atom. The quantitative estimate of drug-likeness (QED) is 0.522. The number of rotatable bonds is 2. The van der Waals surface area contributed by atoms with Crippen LogP contribution in [-0.4, -0.2) is 27.4 Å². The first kappa shape index (κ1) is 8.51. The first-order chi connectivity index (χ1) is 5.65. The monoisotopic (exact) mass is 171 g/mol. The van der Waals surface area contributed by atoms with Gasteiger partial charge in [-0.25, -0.2) is 9.48 Å². The number of ether oxygens (including phenoxy) is 1. The Labute approximate surface area is 68.4 Å². The van der Waals surface area contributed by atoms with Crippen LogP contribution in [0, 0.1) is 0 Å². The van der Waals surface area contributed by atoms with E-state index >= 15 is 0 Å². The topological polar surface area (TPSA) is 66.1 Å². The standard InChI is InChI=1S/C6H9N3O3/c1-8-6(11)9(4-7-8)3-5(10)12-2/h4H,3H2,1-2H3. The van der Waals surface area contributed by atoms with E-state index in [1.54, 1.807) is 0 Å². The minimum atomic E-state index is -0.467. The van der Waals surface area contributed by atoms with Gasteiger partial charge in [-0.2, -0.15) is 5.10 Å². The molecule has 66 valence electrons. The lowest BCUT2D eigenvalue weighted by atomic mass is 10.6. The minimum Gasteiger partial charge on any atom is -0.468 e. The number of methoxy groups -OCH3 is 1. The van der Waals surface area contributed by atoms with Crippen molar-refractivity contribution in [3.8, 4) is 0 Å². The second-order valence-electron chi connectivity index (χ2n) is 2.24. The zero-order valence-corrected chi connectivity index (χ0v) is 6.85. The predicted octanol–water partition coefficient (Wildman–Crippen LogP) is -1.25. The van der Waals surface area contributed by atoms with E-state index in [2.05, 4.69) is 9.84 Å². The molecule has 12 heavy (non-hydrogen) atoms. The van der Waals surface area contributed by atoms with Crippen molar-refractivity contribution in [1.82, 2.24) is 14.3 Å². The van der Waals surface area contributed by atoms with Crippen molar-refractivity contribution < 1.29 is 9.53 Å². The molecule has 6 nitrogen and oxygen atoms in total. The summed E-state index contributed by atoms with van der Waals surface area (Å²) in [4.78, 5) is 21.8. The number of carbonyl (C=O) groups is 1. The van der Waals surface area contributed by atoms with Crippen LogP contribution in [0.4, 0.5) is 0 Å². The maximum absolute atomic E-state index is 11.1. The number of hydrogen-bond donors (Lipinski definition) is 0. The van der Waals surface area contributed by atoms with Crippen molar-refractivity contribution in [3.05, 3.63) is 16.8 Å². The van der Waals surface area contributed by atoms with E-state index in [-0.39, 0.29) is 12.2 Å². The largest absolute Gasteiger partial charge is 0.468 e. The van der Waals surface area contributed by atoms with Gasteiger partial charge in [-0.15, -0.1) is 0 Å². The lowest BCUT2D eigenvalue weighted by Crippen LogP contribution is -2.25. The molecule has 0 bridgehead atoms. The van der Waals surface area contributed by atoms with E-state index in [0.29, 0.717) is 0 Å². The van der Waals surface area contributed by atoms with Gasteiger partial charge >= 0.3 is 11.7 Å². The normalized spacial score (nSPS) is 9.83. The SMILES string of the molecule is COC(=O)Cn1cnn(C)c1=O. The van der Waals surface area contributed by atoms with Gasteiger partial charge in [0.1, 0.15) is 12.9 Å². The highest BCUT2D eigenvalue weighted by Gasteiger charge is 2.05. The predicted molar refractivity (Wildman–Crippen MR) is 39.5 cm³/mol. The van der Waals surface area contributed by atoms with Crippen LogP contribution in [-0.2, 0) is 23.1 Å². The number of aromatic nitrogens is 3. The molecule has 0 spiro atoms. The maximum atomic E-state index is 11.1. The van der Waals surface area contributed by atoms with Crippen molar-refractivity contribution in [2.24, 2.45) is 7.05 Å². The Balaban J connectivity index is 2.83. The van der Waals surface area contributed by atoms with Crippen molar-refractivity contribution in [3.63, 3.8) is 0 Å². The summed E-state index contributed by atoms with van der Waals surface area (Å²) in [5, 5.41) is 3.66. The van der Waals surface area contributed by atoms with Crippen LogP contribution >= 0.6 is 0 Å². The van der Waals surface area contributed by atoms with Gasteiger partial charge in [0.15, 0.2) is 0 Å². The van der Waals surface area contributed by atoms with Gasteiger partial charge in [-0.1, -0.05) is 0 Å². The Hall–Kier alpha value is -1.59. The highest BCUT2D eigenvalue weighted by molar-refractivity contribution is 5.68. The zero-order chi connectivity index (χ0) is 9.14. The van der Waals surface area contributed by atoms with E-state index in [1.807, 2.05) is 0 Å². The molecule has 0 aliphatic rings. The van der Waals surface area contributed by atoms with Gasteiger partial charge in [-0.3, -0.25) is 9.36 Å². The fraction of sp³-hybridized carbons (Fsp3) is 0.500. The number of esters is 1. The van der Waals surface area contributed by atoms with E-state index in [9.17, 15) is 9.59 Å². The van der Waals surface area contributed by atoms with Crippen LogP contribution < -0.4 is 5.69 Å². The van der Waals surface area contributed by atoms with Gasteiger partial charge in [0, 0.05) is 7.05 Å². The highest BCUT2D eigenvalue weighted by Crippen LogP contribution is 1.80. The maximum Gasteiger partial charge on any atom is 0.345 e. The van der Waals surface area contributed by atoms with Crippen LogP contribution in [0.15, 0.2) is 11.1 Å². The Kier molecular flexibility index (Phi) is 2.27. The molecule has 0 fully saturated rings. The van der Waals surface area contributed by atoms with Crippen molar-refractivity contribution in [1.29, 1.82) is 0 Å². The van der Waals surface area contributed by atoms with Crippen molar-refractivity contribution in [2.75, 3.05) is 7.11 Å². The van der Waals surface area contributed by atoms with Crippen molar-refractivity contribution in [2.45, 2.75) is 6.54 Å². The number of nitrogens with zero attached hydrogens (tertiary/aromatic N) is 3. The van der Waals surface area contributed by atoms with E-state index in [1.165, 1.54) is 25.1 Å². The molecule has 1 aromatic rings. The summed E-state index contributed by atoms with van der Waals surface area (Å²) in [5.41, 5.74) is -0.333. The van der Waals surface area contributed by atoms with Crippen LogP contribution in [0.25, 0.3) is 0 Å². The Bertz CT molecular complexity index is 338. The van der Waals surface area contributed by atoms with Gasteiger partial charge in [0.25, 0.3) is 0 Å². The van der Waals surface area contributed by atoms with E-state index < -0.39 is 5.97 Å². The summed E-state index contributed by atoms with van der Waals surface area (Å²) >= 11 is 0. The third-order valence-corrected chi connectivity index (χ3v) is 1.41. The molecule has 1 aromatic heterocycles. The molecule has 0 saturated carbocycles. The highest BCUT2D eigenvalue weighted by atomic mass is 16.5. The molecule has 0 amide bonds. The number of hydrogen-bond acceptors (Lipinski definition) is 4. The molecule has 0 atom stereocenters. The number of carbonyl (C=O) groups excluding carboxylic acids is 1. The summed E-state index contributed by atoms with van der Waals surface area (Å²) in [7, 11) is 2.78. The molecule has 0 saturated heterocycles. The summed E-state index contributed by atoms with van der Waals surface area (Å²) in [6.45, 7) is -0.0941. The molecular weight excluding hydrogens is 162 g/mol. The summed E-state index contributed by atoms with van der Waals surface area (Å²) < 4.78 is 6.70. The van der Waals surface area contributed by atoms with Gasteiger partial charge < -0.3 is 4.74 Å². The molecule has 0 radical (unpaired) electrons. The average Bonchev–Trinajstić information content (AvgIpc) is 2.36. The average molecular weight is 171 g/mol. The van der Waals surface area contributed by atoms with Crippen molar-refractivity contribution >= 4 is 5.97 Å². The third kappa shape index (κ3) is 1.52. The van der Waals surface area contributed by atoms with E-state index in [4.69, 9.17) is 0 Å². The second-order valence-corrected chi connectivity index (χ2v) is 2.24. The zero-order valence-electron chi connectivity index (χ0n) is 6.85. The molecule has 0 aliphatic heterocycles. The van der Waals surface area contributed by atoms with E-state index in [0.717, 1.165) is 4.68 Å². The molecule has 0 N–H and O–H groups in total. The van der Waals surface area contributed by atoms with Gasteiger partial charge in [0.05, 0.1) is 7.11 Å². The van der Waals surface area contributed by atoms with Crippen LogP contribution in [0.1, 0.15) is 0 Å². The summed E-state index contributed by atoms with van der Waals surface area (Å²) in [6.07, 6.45) is 1.29. The number of aryl methyl sites for hydroxylation is 1. The first-order valence-electron chi connectivity index (χ1n) is 3.30. The van der Waals surface area contributed by atoms with Gasteiger partial charge in [-0.05, 0) is 0 Å². The fourth-order valence-corrected chi connectivity index (χ4v) is 0.737. The summed E-state index contributed by atoms with van der Waals surface area (Å²) in [6, 6.07) is 0. The first-order valence-corrected chi connectivity index (χ1v) is 3.30. The second kappa shape index (κ2) is 3.21. The Morgan fingerprint density at radius 2 is 2.42 bits per heavy atom. The third-order valence-electron chi connectivity index (χ3n) is 1.41. The Morgan fingerprint density at radius 3 is 2.83 bits per heavy atom. The molecule has 0 aromatic carbocycles. The van der Waals surface area contributed by atoms with Crippen LogP contribution in [0.5, 0.6) is 0 Å². The van der Waals surface area contributed by atoms with Crippen LogP contribution in [0.2, 0.25) is 0 Å². The molecule has 1 rings (SSSR count). The fourth-order valence-electron chi connectivity index (χ4n) is 0.737. The molecular formula is C6H9N3O3. The smallest absolute Gasteiger partial charge is 0.345 e. The molecule has 0 aliphatic carbocycles. The molecule has 0 unspecified atom stereocenters. The summed E-state index contributed by atoms with van der Waals surface area (Å²) in [5.74, 6) is -0.467. The van der Waals surface area contributed by atoms with Gasteiger partial charge in [0.2, 0.25) is 0 Å².